The van der Waals surface area contributed by atoms with Crippen molar-refractivity contribution in [1.82, 2.24) is 0 Å². The Morgan fingerprint density at radius 2 is 1.62 bits per heavy atom. The van der Waals surface area contributed by atoms with Gasteiger partial charge in [-0.2, -0.15) is 9.98 Å². The van der Waals surface area contributed by atoms with E-state index in [0.29, 0.717) is 10.2 Å². The molecule has 42 valence electrons. The first-order valence-corrected chi connectivity index (χ1v) is 3.10. The first kappa shape index (κ1) is 6.98. The molecule has 0 unspecified atom stereocenters. The van der Waals surface area contributed by atoms with Crippen molar-refractivity contribution >= 4 is 22.4 Å². The highest BCUT2D eigenvalue weighted by molar-refractivity contribution is 6.12. The lowest BCUT2D eigenvalue weighted by molar-refractivity contribution is 0.558. The molecule has 0 saturated carbocycles. The van der Waals surface area contributed by atoms with Crippen LogP contribution < -0.4 is 0 Å². The van der Waals surface area contributed by atoms with E-state index in [9.17, 15) is 9.59 Å². The lowest BCUT2D eigenvalue weighted by Gasteiger charge is -1.84. The molecule has 0 aromatic rings. The van der Waals surface area contributed by atoms with Crippen LogP contribution in [-0.4, -0.2) is 28.2 Å². The molecule has 0 fully saturated rings. The summed E-state index contributed by atoms with van der Waals surface area (Å²) >= 11 is 0. The van der Waals surface area contributed by atoms with Crippen molar-refractivity contribution in [1.29, 1.82) is 0 Å². The van der Waals surface area contributed by atoms with E-state index >= 15 is 0 Å². The van der Waals surface area contributed by atoms with E-state index in [1.807, 2.05) is 0 Å². The van der Waals surface area contributed by atoms with Crippen molar-refractivity contribution in [3.8, 4) is 0 Å². The third-order valence-electron chi connectivity index (χ3n) is 0.479. The Balaban J connectivity index is 3.82. The quantitative estimate of drug-likeness (QED) is 0.253. The summed E-state index contributed by atoms with van der Waals surface area (Å²) in [7, 11) is 0.550. The van der Waals surface area contributed by atoms with Crippen LogP contribution in [-0.2, 0) is 9.59 Å². The van der Waals surface area contributed by atoms with Gasteiger partial charge in [-0.05, 0) is 0 Å². The zero-order valence-electron chi connectivity index (χ0n) is 4.29. The second kappa shape index (κ2) is 4.14. The summed E-state index contributed by atoms with van der Waals surface area (Å²) < 4.78 is 0. The Morgan fingerprint density at radius 3 is 1.88 bits per heavy atom. The largest absolute Gasteiger partial charge is 0.236 e. The molecular weight excluding hydrogens is 124 g/mol. The van der Waals surface area contributed by atoms with E-state index < -0.39 is 5.79 Å². The summed E-state index contributed by atoms with van der Waals surface area (Å²) in [5.41, 5.74) is 0. The molecule has 0 amide bonds. The molecule has 0 aromatic carbocycles. The van der Waals surface area contributed by atoms with Crippen LogP contribution in [0.5, 0.6) is 0 Å². The van der Waals surface area contributed by atoms with Gasteiger partial charge in [-0.3, -0.25) is 0 Å². The lowest BCUT2D eigenvalue weighted by Crippen LogP contribution is -1.96. The number of hydrogen-bond donors (Lipinski definition) is 0. The first-order valence-electron chi connectivity index (χ1n) is 1.95. The van der Waals surface area contributed by atoms with E-state index in [1.165, 1.54) is 12.2 Å². The monoisotopic (exact) mass is 128 g/mol. The molecule has 0 aromatic heterocycles. The van der Waals surface area contributed by atoms with Gasteiger partial charge in [0, 0.05) is 0 Å². The maximum atomic E-state index is 9.43. The molecule has 0 atom stereocenters. The fourth-order valence-corrected chi connectivity index (χ4v) is 0.392. The molecule has 0 saturated heterocycles. The van der Waals surface area contributed by atoms with Crippen molar-refractivity contribution in [2.24, 2.45) is 9.98 Å². The van der Waals surface area contributed by atoms with Gasteiger partial charge in [0.25, 0.3) is 0 Å². The van der Waals surface area contributed by atoms with Crippen LogP contribution in [0.3, 0.4) is 0 Å². The van der Waals surface area contributed by atoms with Crippen LogP contribution in [0.15, 0.2) is 9.98 Å². The normalized spacial score (nSPS) is 11.0. The van der Waals surface area contributed by atoms with Crippen LogP contribution in [0.2, 0.25) is 0 Å². The summed E-state index contributed by atoms with van der Waals surface area (Å²) in [5.74, 6) is -0.495. The van der Waals surface area contributed by atoms with E-state index in [1.54, 1.807) is 0 Å². The Labute approximate surface area is 48.8 Å². The van der Waals surface area contributed by atoms with Gasteiger partial charge in [-0.15, -0.1) is 0 Å². The third-order valence-corrected chi connectivity index (χ3v) is 0.995. The number of aliphatic imine (C=N–C) groups is 2. The molecule has 4 nitrogen and oxygen atoms in total. The van der Waals surface area contributed by atoms with Gasteiger partial charge in [0.1, 0.15) is 5.79 Å². The Hall–Kier alpha value is -1.02. The predicted octanol–water partition coefficient (Wildman–Crippen LogP) is -1.69. The Kier molecular flexibility index (Phi) is 3.61. The molecule has 0 N–H and O–H groups in total. The number of rotatable bonds is 2. The topological polar surface area (TPSA) is 58.9 Å². The second-order valence-corrected chi connectivity index (χ2v) is 2.11. The lowest BCUT2D eigenvalue weighted by atomic mass is 11.1. The summed E-state index contributed by atoms with van der Waals surface area (Å²) in [6.45, 7) is 0. The van der Waals surface area contributed by atoms with Crippen LogP contribution in [0.1, 0.15) is 0 Å². The minimum atomic E-state index is -0.495. The highest BCUT2D eigenvalue weighted by Crippen LogP contribution is 1.78. The van der Waals surface area contributed by atoms with Gasteiger partial charge in [-0.1, -0.05) is 0 Å². The Bertz CT molecular complexity index is 139. The molecule has 8 heavy (non-hydrogen) atoms. The van der Waals surface area contributed by atoms with Crippen molar-refractivity contribution < 1.29 is 9.59 Å². The Morgan fingerprint density at radius 1 is 1.25 bits per heavy atom. The highest BCUT2D eigenvalue weighted by Gasteiger charge is 1.87. The van der Waals surface area contributed by atoms with Gasteiger partial charge in [0.2, 0.25) is 12.2 Å². The zero-order valence-corrected chi connectivity index (χ0v) is 6.29. The van der Waals surface area contributed by atoms with Crippen LogP contribution >= 0.6 is 0 Å². The molecule has 0 rings (SSSR count). The average Bonchev–Trinajstić information content (AvgIpc) is 1.68. The summed E-state index contributed by atoms with van der Waals surface area (Å²) in [4.78, 5) is 25.1. The molecular formula is C3H4N2O2Si. The summed E-state index contributed by atoms with van der Waals surface area (Å²) in [6.07, 6.45) is 2.58. The third kappa shape index (κ3) is 3.18. The molecule has 0 aliphatic rings. The van der Waals surface area contributed by atoms with E-state index in [0.717, 1.165) is 0 Å². The molecule has 0 aliphatic heterocycles. The fraction of sp³-hybridized carbons (Fsp3) is 0.333. The standard InChI is InChI=1S/C3H4N2O2Si/c6-1-4-3(8)5-2-7/h3H,8H3. The molecule has 0 heterocycles. The van der Waals surface area contributed by atoms with Gasteiger partial charge in [0.05, 0.1) is 10.2 Å². The van der Waals surface area contributed by atoms with E-state index in [2.05, 4.69) is 9.98 Å². The molecule has 0 spiro atoms. The number of nitrogens with zero attached hydrogens (tertiary/aromatic N) is 2. The molecule has 0 bridgehead atoms. The first-order chi connectivity index (χ1) is 3.81. The van der Waals surface area contributed by atoms with Crippen molar-refractivity contribution in [3.63, 3.8) is 0 Å². The second-order valence-electron chi connectivity index (χ2n) is 1.07. The smallest absolute Gasteiger partial charge is 0.211 e. The maximum absolute atomic E-state index is 9.43. The predicted molar refractivity (Wildman–Crippen MR) is 30.0 cm³/mol. The zero-order chi connectivity index (χ0) is 6.41. The summed E-state index contributed by atoms with van der Waals surface area (Å²) in [5, 5.41) is 0. The SMILES string of the molecule is O=C=NC([SiH3])N=C=O. The number of isocyanates is 2. The fourth-order valence-electron chi connectivity index (χ4n) is 0.181. The highest BCUT2D eigenvalue weighted by atomic mass is 28.1. The molecule has 0 radical (unpaired) electrons. The summed E-state index contributed by atoms with van der Waals surface area (Å²) in [6, 6.07) is 0. The van der Waals surface area contributed by atoms with Gasteiger partial charge >= 0.3 is 0 Å². The average molecular weight is 128 g/mol. The van der Waals surface area contributed by atoms with Crippen LogP contribution in [0.25, 0.3) is 0 Å². The van der Waals surface area contributed by atoms with Crippen LogP contribution in [0, 0.1) is 0 Å². The van der Waals surface area contributed by atoms with Gasteiger partial charge in [-0.25, -0.2) is 9.59 Å². The number of hydrogen-bond acceptors (Lipinski definition) is 4. The minimum Gasteiger partial charge on any atom is -0.211 e. The minimum absolute atomic E-state index is 0.495. The van der Waals surface area contributed by atoms with E-state index in [4.69, 9.17) is 0 Å². The van der Waals surface area contributed by atoms with Crippen LogP contribution in [0.4, 0.5) is 0 Å². The van der Waals surface area contributed by atoms with E-state index in [-0.39, 0.29) is 0 Å². The molecule has 0 aliphatic carbocycles. The van der Waals surface area contributed by atoms with Crippen molar-refractivity contribution in [2.75, 3.05) is 0 Å². The van der Waals surface area contributed by atoms with Crippen molar-refractivity contribution in [2.45, 2.75) is 5.79 Å². The van der Waals surface area contributed by atoms with Gasteiger partial charge in [0.15, 0.2) is 0 Å². The molecule has 5 heteroatoms. The van der Waals surface area contributed by atoms with Crippen molar-refractivity contribution in [3.05, 3.63) is 0 Å². The maximum Gasteiger partial charge on any atom is 0.236 e. The van der Waals surface area contributed by atoms with Gasteiger partial charge < -0.3 is 0 Å². The number of carbonyl (C=O) groups excluding carboxylic acids is 2.